The zero-order valence-corrected chi connectivity index (χ0v) is 11.6. The maximum atomic E-state index is 11.5. The number of aliphatic imine (C=N–C) groups is 1. The summed E-state index contributed by atoms with van der Waals surface area (Å²) in [5.74, 6) is 0.147. The van der Waals surface area contributed by atoms with E-state index >= 15 is 0 Å². The molecule has 104 valence electrons. The van der Waals surface area contributed by atoms with Gasteiger partial charge in [0.1, 0.15) is 11.4 Å². The lowest BCUT2D eigenvalue weighted by Gasteiger charge is -2.17. The Kier molecular flexibility index (Phi) is 5.06. The SMILES string of the molecule is CC(C)(C)OC(=O)N=C(N)c1ccc(CCN)cc1. The number of carbonyl (C=O) groups is 1. The molecule has 0 bridgehead atoms. The van der Waals surface area contributed by atoms with E-state index in [0.29, 0.717) is 12.1 Å². The summed E-state index contributed by atoms with van der Waals surface area (Å²) in [7, 11) is 0. The van der Waals surface area contributed by atoms with Gasteiger partial charge in [-0.05, 0) is 39.3 Å². The minimum atomic E-state index is -0.684. The highest BCUT2D eigenvalue weighted by Crippen LogP contribution is 2.09. The highest BCUT2D eigenvalue weighted by Gasteiger charge is 2.16. The number of hydrogen-bond acceptors (Lipinski definition) is 3. The van der Waals surface area contributed by atoms with E-state index < -0.39 is 11.7 Å². The molecular weight excluding hydrogens is 242 g/mol. The third-order valence-electron chi connectivity index (χ3n) is 2.29. The Bertz CT molecular complexity index is 459. The van der Waals surface area contributed by atoms with Crippen molar-refractivity contribution in [3.8, 4) is 0 Å². The fourth-order valence-electron chi connectivity index (χ4n) is 1.46. The smallest absolute Gasteiger partial charge is 0.436 e. The van der Waals surface area contributed by atoms with Crippen molar-refractivity contribution < 1.29 is 9.53 Å². The number of carbonyl (C=O) groups excluding carboxylic acids is 1. The molecule has 0 saturated carbocycles. The summed E-state index contributed by atoms with van der Waals surface area (Å²) in [6, 6.07) is 7.46. The second kappa shape index (κ2) is 6.33. The first-order valence-corrected chi connectivity index (χ1v) is 6.18. The van der Waals surface area contributed by atoms with E-state index in [1.54, 1.807) is 20.8 Å². The molecule has 19 heavy (non-hydrogen) atoms. The van der Waals surface area contributed by atoms with Crippen LogP contribution >= 0.6 is 0 Å². The van der Waals surface area contributed by atoms with Gasteiger partial charge in [-0.25, -0.2) is 4.79 Å². The van der Waals surface area contributed by atoms with Crippen LogP contribution < -0.4 is 11.5 Å². The molecule has 0 heterocycles. The average Bonchev–Trinajstić information content (AvgIpc) is 2.27. The number of nitrogens with zero attached hydrogens (tertiary/aromatic N) is 1. The second-order valence-corrected chi connectivity index (χ2v) is 5.21. The Morgan fingerprint density at radius 3 is 2.32 bits per heavy atom. The van der Waals surface area contributed by atoms with Crippen molar-refractivity contribution in [2.24, 2.45) is 16.5 Å². The zero-order valence-electron chi connectivity index (χ0n) is 11.6. The normalized spacial score (nSPS) is 12.3. The standard InChI is InChI=1S/C14H21N3O2/c1-14(2,3)19-13(18)17-12(16)11-6-4-10(5-7-11)8-9-15/h4-7H,8-9,15H2,1-3H3,(H2,16,17,18). The number of rotatable bonds is 3. The molecule has 0 spiro atoms. The predicted octanol–water partition coefficient (Wildman–Crippen LogP) is 1.83. The topological polar surface area (TPSA) is 90.7 Å². The Balaban J connectivity index is 2.76. The van der Waals surface area contributed by atoms with E-state index in [1.165, 1.54) is 0 Å². The second-order valence-electron chi connectivity index (χ2n) is 5.21. The van der Waals surface area contributed by atoms with Gasteiger partial charge in [0.2, 0.25) is 0 Å². The molecule has 1 rings (SSSR count). The van der Waals surface area contributed by atoms with Crippen LogP contribution in [0.25, 0.3) is 0 Å². The minimum absolute atomic E-state index is 0.147. The van der Waals surface area contributed by atoms with Gasteiger partial charge < -0.3 is 16.2 Å². The van der Waals surface area contributed by atoms with Gasteiger partial charge in [-0.1, -0.05) is 24.3 Å². The monoisotopic (exact) mass is 263 g/mol. The summed E-state index contributed by atoms with van der Waals surface area (Å²) in [6.45, 7) is 5.93. The summed E-state index contributed by atoms with van der Waals surface area (Å²) >= 11 is 0. The first kappa shape index (κ1) is 15.2. The molecule has 0 atom stereocenters. The van der Waals surface area contributed by atoms with Crippen LogP contribution in [0.5, 0.6) is 0 Å². The number of hydrogen-bond donors (Lipinski definition) is 2. The number of nitrogens with two attached hydrogens (primary N) is 2. The maximum absolute atomic E-state index is 11.5. The van der Waals surface area contributed by atoms with E-state index in [4.69, 9.17) is 16.2 Å². The molecule has 0 radical (unpaired) electrons. The summed E-state index contributed by atoms with van der Waals surface area (Å²) in [4.78, 5) is 15.2. The van der Waals surface area contributed by atoms with Crippen molar-refractivity contribution in [1.29, 1.82) is 0 Å². The molecule has 0 aliphatic carbocycles. The number of amidine groups is 1. The van der Waals surface area contributed by atoms with Gasteiger partial charge >= 0.3 is 6.09 Å². The first-order valence-electron chi connectivity index (χ1n) is 6.18. The Morgan fingerprint density at radius 2 is 1.84 bits per heavy atom. The van der Waals surface area contributed by atoms with E-state index in [1.807, 2.05) is 24.3 Å². The summed E-state index contributed by atoms with van der Waals surface area (Å²) in [5, 5.41) is 0. The van der Waals surface area contributed by atoms with Crippen molar-refractivity contribution >= 4 is 11.9 Å². The molecule has 1 amide bonds. The molecule has 0 saturated heterocycles. The van der Waals surface area contributed by atoms with Gasteiger partial charge in [0.25, 0.3) is 0 Å². The number of ether oxygens (including phenoxy) is 1. The van der Waals surface area contributed by atoms with Crippen LogP contribution in [0.2, 0.25) is 0 Å². The molecule has 0 aliphatic heterocycles. The largest absolute Gasteiger partial charge is 0.442 e. The van der Waals surface area contributed by atoms with Gasteiger partial charge in [-0.3, -0.25) is 0 Å². The van der Waals surface area contributed by atoms with Crippen LogP contribution in [-0.4, -0.2) is 24.1 Å². The summed E-state index contributed by atoms with van der Waals surface area (Å²) < 4.78 is 5.07. The number of benzene rings is 1. The Morgan fingerprint density at radius 1 is 1.26 bits per heavy atom. The molecule has 0 aromatic heterocycles. The highest BCUT2D eigenvalue weighted by atomic mass is 16.6. The van der Waals surface area contributed by atoms with Crippen molar-refractivity contribution in [2.75, 3.05) is 6.54 Å². The van der Waals surface area contributed by atoms with Gasteiger partial charge in [-0.15, -0.1) is 0 Å². The molecule has 4 N–H and O–H groups in total. The van der Waals surface area contributed by atoms with Gasteiger partial charge in [-0.2, -0.15) is 4.99 Å². The lowest BCUT2D eigenvalue weighted by atomic mass is 10.1. The quantitative estimate of drug-likeness (QED) is 0.643. The predicted molar refractivity (Wildman–Crippen MR) is 76.2 cm³/mol. The molecule has 0 unspecified atom stereocenters. The molecular formula is C14H21N3O2. The summed E-state index contributed by atoms with van der Waals surface area (Å²) in [6.07, 6.45) is 0.125. The van der Waals surface area contributed by atoms with Crippen LogP contribution in [0.1, 0.15) is 31.9 Å². The molecule has 5 nitrogen and oxygen atoms in total. The van der Waals surface area contributed by atoms with Crippen LogP contribution in [0.3, 0.4) is 0 Å². The Hall–Kier alpha value is -1.88. The van der Waals surface area contributed by atoms with E-state index in [-0.39, 0.29) is 5.84 Å². The molecule has 1 aromatic rings. The fourth-order valence-corrected chi connectivity index (χ4v) is 1.46. The van der Waals surface area contributed by atoms with Crippen LogP contribution in [-0.2, 0) is 11.2 Å². The highest BCUT2D eigenvalue weighted by molar-refractivity contribution is 6.02. The molecule has 1 aromatic carbocycles. The maximum Gasteiger partial charge on any atom is 0.436 e. The van der Waals surface area contributed by atoms with Crippen molar-refractivity contribution in [3.05, 3.63) is 35.4 Å². The van der Waals surface area contributed by atoms with Gasteiger partial charge in [0, 0.05) is 5.56 Å². The zero-order chi connectivity index (χ0) is 14.5. The molecule has 5 heteroatoms. The van der Waals surface area contributed by atoms with Gasteiger partial charge in [0.05, 0.1) is 0 Å². The average molecular weight is 263 g/mol. The third kappa shape index (κ3) is 5.52. The lowest BCUT2D eigenvalue weighted by molar-refractivity contribution is 0.0604. The van der Waals surface area contributed by atoms with Crippen LogP contribution in [0.4, 0.5) is 4.79 Å². The molecule has 0 fully saturated rings. The van der Waals surface area contributed by atoms with Crippen molar-refractivity contribution in [1.82, 2.24) is 0 Å². The van der Waals surface area contributed by atoms with E-state index in [2.05, 4.69) is 4.99 Å². The van der Waals surface area contributed by atoms with Crippen molar-refractivity contribution in [3.63, 3.8) is 0 Å². The first-order chi connectivity index (χ1) is 8.81. The van der Waals surface area contributed by atoms with Crippen LogP contribution in [0.15, 0.2) is 29.3 Å². The van der Waals surface area contributed by atoms with E-state index in [0.717, 1.165) is 12.0 Å². The Labute approximate surface area is 113 Å². The molecule has 0 aliphatic rings. The van der Waals surface area contributed by atoms with Crippen LogP contribution in [0, 0.1) is 0 Å². The fraction of sp³-hybridized carbons (Fsp3) is 0.429. The lowest BCUT2D eigenvalue weighted by Crippen LogP contribution is -2.24. The van der Waals surface area contributed by atoms with Crippen molar-refractivity contribution in [2.45, 2.75) is 32.8 Å². The minimum Gasteiger partial charge on any atom is -0.442 e. The number of amides is 1. The third-order valence-corrected chi connectivity index (χ3v) is 2.29. The summed E-state index contributed by atoms with van der Waals surface area (Å²) in [5.41, 5.74) is 12.5. The van der Waals surface area contributed by atoms with Gasteiger partial charge in [0.15, 0.2) is 0 Å². The van der Waals surface area contributed by atoms with E-state index in [9.17, 15) is 4.79 Å².